The van der Waals surface area contributed by atoms with E-state index in [2.05, 4.69) is 20.0 Å². The van der Waals surface area contributed by atoms with E-state index in [0.29, 0.717) is 5.75 Å². The second-order valence-corrected chi connectivity index (χ2v) is 11.0. The summed E-state index contributed by atoms with van der Waals surface area (Å²) in [5.41, 5.74) is 4.10. The Hall–Kier alpha value is -3.55. The number of halogens is 2. The Labute approximate surface area is 234 Å². The van der Waals surface area contributed by atoms with Crippen LogP contribution in [-0.2, 0) is 18.8 Å². The van der Waals surface area contributed by atoms with Gasteiger partial charge in [0.2, 0.25) is 0 Å². The van der Waals surface area contributed by atoms with Gasteiger partial charge in [-0.3, -0.25) is 9.36 Å². The first-order chi connectivity index (χ1) is 19.7. The molecule has 4 unspecified atom stereocenters. The Morgan fingerprint density at radius 2 is 2.02 bits per heavy atom. The number of nitrogens with two attached hydrogens (primary N) is 1. The van der Waals surface area contributed by atoms with E-state index in [1.54, 1.807) is 26.0 Å². The van der Waals surface area contributed by atoms with E-state index < -0.39 is 51.9 Å². The lowest BCUT2D eigenvalue weighted by atomic mass is 10.0. The van der Waals surface area contributed by atoms with Gasteiger partial charge < -0.3 is 29.4 Å². The van der Waals surface area contributed by atoms with E-state index in [-0.39, 0.29) is 29.6 Å². The van der Waals surface area contributed by atoms with Gasteiger partial charge in [0.05, 0.1) is 19.0 Å². The van der Waals surface area contributed by atoms with Crippen molar-refractivity contribution >= 4 is 42.2 Å². The van der Waals surface area contributed by atoms with E-state index in [9.17, 15) is 18.7 Å². The number of carbonyl (C=O) groups is 1. The molecule has 4 N–H and O–H groups in total. The number of benzene rings is 2. The van der Waals surface area contributed by atoms with Crippen molar-refractivity contribution in [3.8, 4) is 5.75 Å². The van der Waals surface area contributed by atoms with Crippen LogP contribution < -0.4 is 15.3 Å². The van der Waals surface area contributed by atoms with Crippen LogP contribution in [0.3, 0.4) is 0 Å². The smallest absolute Gasteiger partial charge is 0.320 e. The number of nitrogens with one attached hydrogen (secondary N) is 1. The van der Waals surface area contributed by atoms with Crippen molar-refractivity contribution in [2.45, 2.75) is 50.7 Å². The number of carbonyl (C=O) groups excluding carboxylic acids is 1. The molecule has 0 radical (unpaired) electrons. The van der Waals surface area contributed by atoms with E-state index in [1.165, 1.54) is 17.2 Å². The zero-order valence-corrected chi connectivity index (χ0v) is 23.1. The van der Waals surface area contributed by atoms with Crippen LogP contribution in [0.25, 0.3) is 21.9 Å². The summed E-state index contributed by atoms with van der Waals surface area (Å²) in [7, 11) is -2.15. The third-order valence-corrected chi connectivity index (χ3v) is 7.52. The molecule has 12 nitrogen and oxygen atoms in total. The number of hydrogen-bond donors (Lipinski definition) is 3. The molecule has 15 heteroatoms. The maximum atomic E-state index is 14.6. The number of aliphatic hydroxyl groups is 1. The minimum Gasteiger partial charge on any atom is -0.462 e. The number of fused-ring (bicyclic) bond motifs is 2. The van der Waals surface area contributed by atoms with E-state index >= 15 is 0 Å². The van der Waals surface area contributed by atoms with Crippen LogP contribution >= 0.6 is 8.53 Å². The van der Waals surface area contributed by atoms with Gasteiger partial charge in [0.1, 0.15) is 30.2 Å². The van der Waals surface area contributed by atoms with Crippen molar-refractivity contribution in [3.05, 3.63) is 55.1 Å². The number of aromatic nitrogens is 4. The number of nitrogen functional groups attached to an aromatic ring is 1. The Balaban J connectivity index is 1.37. The lowest BCUT2D eigenvalue weighted by Gasteiger charge is -2.30. The quantitative estimate of drug-likeness (QED) is 0.173. The summed E-state index contributed by atoms with van der Waals surface area (Å²) in [6, 6.07) is 12.9. The molecule has 5 rings (SSSR count). The maximum Gasteiger partial charge on any atom is 0.320 e. The van der Waals surface area contributed by atoms with Crippen LogP contribution in [0, 0.1) is 0 Å². The highest BCUT2D eigenvalue weighted by Crippen LogP contribution is 2.46. The summed E-state index contributed by atoms with van der Waals surface area (Å²) in [5.74, 6) is -0.0394. The molecule has 4 atom stereocenters. The van der Waals surface area contributed by atoms with E-state index in [4.69, 9.17) is 24.3 Å². The van der Waals surface area contributed by atoms with Gasteiger partial charge in [-0.05, 0) is 25.3 Å². The van der Waals surface area contributed by atoms with Gasteiger partial charge >= 0.3 is 14.5 Å². The first kappa shape index (κ1) is 29.0. The second kappa shape index (κ2) is 12.1. The average molecular weight is 591 g/mol. The van der Waals surface area contributed by atoms with Crippen molar-refractivity contribution in [1.29, 1.82) is 0 Å². The molecule has 1 aliphatic heterocycles. The molecule has 1 aliphatic rings. The highest BCUT2D eigenvalue weighted by Gasteiger charge is 2.54. The van der Waals surface area contributed by atoms with Crippen LogP contribution in [0.5, 0.6) is 5.75 Å². The third kappa shape index (κ3) is 6.21. The summed E-state index contributed by atoms with van der Waals surface area (Å²) in [5, 5.41) is 15.3. The van der Waals surface area contributed by atoms with Gasteiger partial charge in [0, 0.05) is 11.8 Å². The number of anilines is 1. The standard InChI is InChI=1S/C26H29F2N6O6P/c1-15(2)38-20(36)11-33-41(40-19-9-5-7-16-6-3-4-8-17(16)19)37-12-26(25(27)28)10-18(35)24(39-26)34-14-32-21-22(29)30-13-31-23(21)34/h3-9,13-15,18,24-25,33,35H,10-12H2,1-2H3,(H2,29,30,31). The fourth-order valence-electron chi connectivity index (χ4n) is 4.49. The van der Waals surface area contributed by atoms with Crippen LogP contribution in [0.2, 0.25) is 0 Å². The van der Waals surface area contributed by atoms with Crippen molar-refractivity contribution in [2.75, 3.05) is 18.9 Å². The fraction of sp³-hybridized carbons (Fsp3) is 0.385. The molecule has 1 saturated heterocycles. The minimum absolute atomic E-state index is 0.1000. The summed E-state index contributed by atoms with van der Waals surface area (Å²) in [6.07, 6.45) is -3.94. The van der Waals surface area contributed by atoms with Crippen LogP contribution in [-0.4, -0.2) is 68.0 Å². The molecule has 2 aromatic carbocycles. The number of alkyl halides is 2. The molecule has 0 bridgehead atoms. The highest BCUT2D eigenvalue weighted by atomic mass is 31.2. The molecule has 0 saturated carbocycles. The molecule has 4 aromatic rings. The second-order valence-electron chi connectivity index (χ2n) is 9.70. The molecule has 2 aromatic heterocycles. The first-order valence-corrected chi connectivity index (χ1v) is 13.9. The number of aliphatic hydroxyl groups excluding tert-OH is 1. The van der Waals surface area contributed by atoms with Crippen molar-refractivity contribution in [3.63, 3.8) is 0 Å². The van der Waals surface area contributed by atoms with Gasteiger partial charge in [0.25, 0.3) is 6.43 Å². The number of imidazole rings is 1. The number of esters is 1. The van der Waals surface area contributed by atoms with Gasteiger partial charge in [-0.25, -0.2) is 28.8 Å². The summed E-state index contributed by atoms with van der Waals surface area (Å²) < 4.78 is 53.4. The van der Waals surface area contributed by atoms with Gasteiger partial charge in [-0.1, -0.05) is 36.4 Å². The molecule has 0 amide bonds. The van der Waals surface area contributed by atoms with Crippen LogP contribution in [0.4, 0.5) is 14.6 Å². The molecular weight excluding hydrogens is 561 g/mol. The maximum absolute atomic E-state index is 14.6. The summed E-state index contributed by atoms with van der Waals surface area (Å²) in [6.45, 7) is 2.47. The molecule has 0 spiro atoms. The zero-order chi connectivity index (χ0) is 29.1. The molecule has 1 fully saturated rings. The lowest BCUT2D eigenvalue weighted by Crippen LogP contribution is -2.42. The lowest BCUT2D eigenvalue weighted by molar-refractivity contribution is -0.167. The molecule has 3 heterocycles. The van der Waals surface area contributed by atoms with Gasteiger partial charge in [-0.2, -0.15) is 0 Å². The Morgan fingerprint density at radius 3 is 2.80 bits per heavy atom. The van der Waals surface area contributed by atoms with Gasteiger partial charge in [0.15, 0.2) is 23.3 Å². The predicted octanol–water partition coefficient (Wildman–Crippen LogP) is 3.71. The Bertz CT molecular complexity index is 1520. The van der Waals surface area contributed by atoms with E-state index in [1.807, 2.05) is 30.3 Å². The molecule has 218 valence electrons. The zero-order valence-electron chi connectivity index (χ0n) is 22.2. The Morgan fingerprint density at radius 1 is 1.24 bits per heavy atom. The SMILES string of the molecule is CC(C)OC(=O)CNP(OCC1(C(F)F)CC(O)C(n2cnc3c(N)ncnc32)O1)Oc1cccc2ccccc12. The summed E-state index contributed by atoms with van der Waals surface area (Å²) in [4.78, 5) is 24.3. The average Bonchev–Trinajstić information content (AvgIpc) is 3.52. The summed E-state index contributed by atoms with van der Waals surface area (Å²) >= 11 is 0. The number of nitrogens with zero attached hydrogens (tertiary/aromatic N) is 4. The topological polar surface area (TPSA) is 156 Å². The molecule has 41 heavy (non-hydrogen) atoms. The third-order valence-electron chi connectivity index (χ3n) is 6.37. The molecular formula is C26H29F2N6O6P. The molecule has 0 aliphatic carbocycles. The minimum atomic E-state index is -3.04. The fourth-order valence-corrected chi connectivity index (χ4v) is 5.63. The first-order valence-electron chi connectivity index (χ1n) is 12.8. The monoisotopic (exact) mass is 590 g/mol. The number of ether oxygens (including phenoxy) is 2. The van der Waals surface area contributed by atoms with Crippen molar-refractivity contribution in [2.24, 2.45) is 0 Å². The normalized spacial score (nSPS) is 21.6. The van der Waals surface area contributed by atoms with Crippen molar-refractivity contribution < 1.29 is 37.2 Å². The highest BCUT2D eigenvalue weighted by molar-refractivity contribution is 7.45. The van der Waals surface area contributed by atoms with Crippen LogP contribution in [0.15, 0.2) is 55.1 Å². The van der Waals surface area contributed by atoms with Crippen molar-refractivity contribution in [1.82, 2.24) is 24.6 Å². The van der Waals surface area contributed by atoms with Gasteiger partial charge in [-0.15, -0.1) is 0 Å². The predicted molar refractivity (Wildman–Crippen MR) is 146 cm³/mol. The largest absolute Gasteiger partial charge is 0.462 e. The number of rotatable bonds is 11. The number of hydrogen-bond acceptors (Lipinski definition) is 11. The van der Waals surface area contributed by atoms with Crippen LogP contribution in [0.1, 0.15) is 26.5 Å². The van der Waals surface area contributed by atoms with E-state index in [0.717, 1.165) is 10.8 Å². The Kier molecular flexibility index (Phi) is 8.57.